The Morgan fingerprint density at radius 3 is 3.14 bits per heavy atom. The van der Waals surface area contributed by atoms with Gasteiger partial charge in [0, 0.05) is 36.9 Å². The summed E-state index contributed by atoms with van der Waals surface area (Å²) in [6.07, 6.45) is 8.19. The number of H-pyrrole nitrogens is 1. The van der Waals surface area contributed by atoms with Crippen molar-refractivity contribution in [3.05, 3.63) is 42.5 Å². The van der Waals surface area contributed by atoms with Crippen molar-refractivity contribution in [1.82, 2.24) is 15.3 Å². The van der Waals surface area contributed by atoms with E-state index in [1.807, 2.05) is 30.6 Å². The van der Waals surface area contributed by atoms with Crippen LogP contribution in [-0.2, 0) is 6.54 Å². The number of aromatic amines is 1. The van der Waals surface area contributed by atoms with Gasteiger partial charge in [-0.1, -0.05) is 6.07 Å². The molecule has 0 aromatic carbocycles. The Labute approximate surface area is 83.9 Å². The van der Waals surface area contributed by atoms with Gasteiger partial charge in [-0.25, -0.2) is 0 Å². The summed E-state index contributed by atoms with van der Waals surface area (Å²) in [6.45, 7) is 0.867. The van der Waals surface area contributed by atoms with Crippen molar-refractivity contribution in [2.75, 3.05) is 0 Å². The van der Waals surface area contributed by atoms with E-state index in [-0.39, 0.29) is 0 Å². The molecule has 1 aromatic heterocycles. The fourth-order valence-corrected chi connectivity index (χ4v) is 1.18. The zero-order valence-corrected chi connectivity index (χ0v) is 8.11. The van der Waals surface area contributed by atoms with E-state index in [0.717, 1.165) is 18.3 Å². The van der Waals surface area contributed by atoms with Crippen LogP contribution in [0.1, 0.15) is 18.5 Å². The molecule has 14 heavy (non-hydrogen) atoms. The smallest absolute Gasteiger partial charge is 0.0474 e. The summed E-state index contributed by atoms with van der Waals surface area (Å²) >= 11 is 0. The van der Waals surface area contributed by atoms with Crippen LogP contribution < -0.4 is 5.32 Å². The minimum absolute atomic E-state index is 0.733. The quantitative estimate of drug-likeness (QED) is 0.761. The highest BCUT2D eigenvalue weighted by molar-refractivity contribution is 4.96. The molecule has 0 unspecified atom stereocenters. The van der Waals surface area contributed by atoms with Crippen LogP contribution in [0.2, 0.25) is 0 Å². The van der Waals surface area contributed by atoms with Gasteiger partial charge in [-0.3, -0.25) is 4.98 Å². The van der Waals surface area contributed by atoms with Gasteiger partial charge in [0.2, 0.25) is 0 Å². The zero-order valence-electron chi connectivity index (χ0n) is 8.11. The Hall–Kier alpha value is -1.35. The first-order valence-corrected chi connectivity index (χ1v) is 4.99. The minimum atomic E-state index is 0.733. The van der Waals surface area contributed by atoms with Crippen LogP contribution in [0.15, 0.2) is 36.8 Å². The molecular formula is C11H15N3. The number of nitrogens with one attached hydrogen (secondary N) is 2. The van der Waals surface area contributed by atoms with Crippen molar-refractivity contribution in [3.8, 4) is 0 Å². The molecule has 0 saturated heterocycles. The van der Waals surface area contributed by atoms with Gasteiger partial charge in [0.15, 0.2) is 0 Å². The summed E-state index contributed by atoms with van der Waals surface area (Å²) in [5.74, 6) is 0. The van der Waals surface area contributed by atoms with E-state index in [0.29, 0.717) is 0 Å². The van der Waals surface area contributed by atoms with E-state index in [1.54, 1.807) is 6.20 Å². The van der Waals surface area contributed by atoms with Crippen molar-refractivity contribution in [1.29, 1.82) is 0 Å². The third kappa shape index (κ3) is 3.18. The zero-order chi connectivity index (χ0) is 9.64. The summed E-state index contributed by atoms with van der Waals surface area (Å²) in [6, 6.07) is 6.55. The Balaban J connectivity index is 2.04. The van der Waals surface area contributed by atoms with E-state index >= 15 is 0 Å². The fourth-order valence-electron chi connectivity index (χ4n) is 1.18. The molecule has 0 atom stereocenters. The van der Waals surface area contributed by atoms with E-state index in [2.05, 4.69) is 15.3 Å². The number of aromatic nitrogens is 2. The summed E-state index contributed by atoms with van der Waals surface area (Å²) in [5.41, 5.74) is 1.10. The van der Waals surface area contributed by atoms with Gasteiger partial charge >= 0.3 is 0 Å². The van der Waals surface area contributed by atoms with Gasteiger partial charge in [0.05, 0.1) is 0 Å². The largest absolute Gasteiger partial charge is 0.363 e. The van der Waals surface area contributed by atoms with Gasteiger partial charge in [-0.15, -0.1) is 0 Å². The van der Waals surface area contributed by atoms with Crippen LogP contribution >= 0.6 is 0 Å². The number of rotatable bonds is 3. The highest BCUT2D eigenvalue weighted by atomic mass is 15.0. The van der Waals surface area contributed by atoms with Gasteiger partial charge in [-0.05, 0) is 25.0 Å². The Bertz CT molecular complexity index is 303. The van der Waals surface area contributed by atoms with Gasteiger partial charge in [0.25, 0.3) is 0 Å². The topological polar surface area (TPSA) is 40.7 Å². The van der Waals surface area contributed by atoms with Gasteiger partial charge in [0.1, 0.15) is 0 Å². The molecule has 0 spiro atoms. The van der Waals surface area contributed by atoms with Crippen LogP contribution in [0.5, 0.6) is 0 Å². The molecule has 0 aliphatic heterocycles. The van der Waals surface area contributed by atoms with Crippen LogP contribution in [0.3, 0.4) is 0 Å². The molecule has 3 nitrogen and oxygen atoms in total. The van der Waals surface area contributed by atoms with Crippen LogP contribution in [0, 0.1) is 0 Å². The van der Waals surface area contributed by atoms with Crippen LogP contribution in [0.25, 0.3) is 0 Å². The predicted molar refractivity (Wildman–Crippen MR) is 56.1 cm³/mol. The normalized spacial score (nSPS) is 14.9. The lowest BCUT2D eigenvalue weighted by atomic mass is 10.4. The molecule has 1 aliphatic carbocycles. The second-order valence-electron chi connectivity index (χ2n) is 3.50. The molecule has 1 aliphatic rings. The van der Waals surface area contributed by atoms with Gasteiger partial charge < -0.3 is 10.3 Å². The summed E-state index contributed by atoms with van der Waals surface area (Å²) in [4.78, 5) is 7.35. The highest BCUT2D eigenvalue weighted by Gasteiger charge is 2.19. The number of nitrogens with zero attached hydrogens (tertiary/aromatic N) is 1. The Kier molecular flexibility index (Phi) is 3.14. The molecule has 1 aromatic rings. The lowest BCUT2D eigenvalue weighted by Crippen LogP contribution is -2.15. The van der Waals surface area contributed by atoms with Crippen LogP contribution in [-0.4, -0.2) is 16.0 Å². The second kappa shape index (κ2) is 4.77. The maximum Gasteiger partial charge on any atom is 0.0474 e. The standard InChI is InChI=1S/C11H15N3/c1-2-6-12-8-11(13-7-3-1)9-14-10-4-5-10/h1-3,6-8,10,13-14H,4-5,9H2. The van der Waals surface area contributed by atoms with Gasteiger partial charge in [-0.2, -0.15) is 0 Å². The minimum Gasteiger partial charge on any atom is -0.363 e. The van der Waals surface area contributed by atoms with E-state index in [4.69, 9.17) is 0 Å². The molecule has 0 bridgehead atoms. The first kappa shape index (κ1) is 9.21. The number of hydrogen-bond donors (Lipinski definition) is 2. The maximum absolute atomic E-state index is 4.15. The van der Waals surface area contributed by atoms with Crippen LogP contribution in [0.4, 0.5) is 0 Å². The molecule has 0 amide bonds. The molecule has 2 rings (SSSR count). The molecular weight excluding hydrogens is 174 g/mol. The highest BCUT2D eigenvalue weighted by Crippen LogP contribution is 2.18. The number of hydrogen-bond acceptors (Lipinski definition) is 2. The average Bonchev–Trinajstić information content (AvgIpc) is 2.98. The SMILES string of the molecule is c1ccncc(CNC2CC2)[nH]cc1. The third-order valence-corrected chi connectivity index (χ3v) is 2.15. The molecule has 1 fully saturated rings. The maximum atomic E-state index is 4.15. The Morgan fingerprint density at radius 2 is 2.29 bits per heavy atom. The van der Waals surface area contributed by atoms with Crippen molar-refractivity contribution in [3.63, 3.8) is 0 Å². The van der Waals surface area contributed by atoms with Crippen molar-refractivity contribution < 1.29 is 0 Å². The monoisotopic (exact) mass is 189 g/mol. The summed E-state index contributed by atoms with van der Waals surface area (Å²) in [5, 5.41) is 3.44. The Morgan fingerprint density at radius 1 is 1.36 bits per heavy atom. The predicted octanol–water partition coefficient (Wildman–Crippen LogP) is 1.79. The molecule has 1 saturated carbocycles. The summed E-state index contributed by atoms with van der Waals surface area (Å²) in [7, 11) is 0. The molecule has 74 valence electrons. The summed E-state index contributed by atoms with van der Waals surface area (Å²) < 4.78 is 0. The van der Waals surface area contributed by atoms with E-state index in [9.17, 15) is 0 Å². The van der Waals surface area contributed by atoms with E-state index in [1.165, 1.54) is 12.8 Å². The van der Waals surface area contributed by atoms with Crippen molar-refractivity contribution in [2.45, 2.75) is 25.4 Å². The fraction of sp³-hybridized carbons (Fsp3) is 0.364. The molecule has 3 heteroatoms. The lowest BCUT2D eigenvalue weighted by Gasteiger charge is -1.99. The molecule has 0 radical (unpaired) electrons. The first-order chi connectivity index (χ1) is 6.95. The first-order valence-electron chi connectivity index (χ1n) is 4.99. The van der Waals surface area contributed by atoms with E-state index < -0.39 is 0 Å². The van der Waals surface area contributed by atoms with Crippen molar-refractivity contribution in [2.24, 2.45) is 0 Å². The second-order valence-corrected chi connectivity index (χ2v) is 3.50. The van der Waals surface area contributed by atoms with Crippen molar-refractivity contribution >= 4 is 0 Å². The lowest BCUT2D eigenvalue weighted by molar-refractivity contribution is 0.673. The third-order valence-electron chi connectivity index (χ3n) is 2.15. The average molecular weight is 189 g/mol. The molecule has 2 N–H and O–H groups in total. The molecule has 1 heterocycles.